The zero-order valence-electron chi connectivity index (χ0n) is 15.5. The molecule has 5 rings (SSSR count). The Bertz CT molecular complexity index is 1120. The molecule has 4 heterocycles. The molecule has 2 aliphatic heterocycles. The second kappa shape index (κ2) is 6.12. The van der Waals surface area contributed by atoms with Gasteiger partial charge in [0.15, 0.2) is 11.4 Å². The first-order valence-corrected chi connectivity index (χ1v) is 9.33. The molecule has 0 saturated carbocycles. The van der Waals surface area contributed by atoms with Crippen LogP contribution in [0.3, 0.4) is 0 Å². The molecule has 28 heavy (non-hydrogen) atoms. The minimum absolute atomic E-state index is 0.120. The van der Waals surface area contributed by atoms with E-state index in [-0.39, 0.29) is 16.9 Å². The van der Waals surface area contributed by atoms with Gasteiger partial charge in [0.25, 0.3) is 11.5 Å². The quantitative estimate of drug-likeness (QED) is 0.676. The Labute approximate surface area is 160 Å². The summed E-state index contributed by atoms with van der Waals surface area (Å²) in [4.78, 5) is 27.5. The zero-order valence-corrected chi connectivity index (χ0v) is 15.5. The van der Waals surface area contributed by atoms with Crippen molar-refractivity contribution in [2.75, 3.05) is 13.1 Å². The van der Waals surface area contributed by atoms with E-state index in [4.69, 9.17) is 4.52 Å². The standard InChI is InChI=1S/C20H19N5O3/c1-13-11-15(23-28-13)17(26)24-9-7-20(12-24)8-10-25-18(27)16(21-22-19(20)25)14-5-3-2-4-6-14/h2-6,11H,7-10,12H2,1H3/t20-/m0/s1. The van der Waals surface area contributed by atoms with Crippen LogP contribution >= 0.6 is 0 Å². The lowest BCUT2D eigenvalue weighted by Gasteiger charge is -2.22. The van der Waals surface area contributed by atoms with Gasteiger partial charge in [-0.3, -0.25) is 14.2 Å². The minimum Gasteiger partial charge on any atom is -0.361 e. The van der Waals surface area contributed by atoms with Crippen molar-refractivity contribution in [3.05, 3.63) is 64.0 Å². The lowest BCUT2D eigenvalue weighted by atomic mass is 9.85. The van der Waals surface area contributed by atoms with Crippen molar-refractivity contribution in [1.82, 2.24) is 24.8 Å². The van der Waals surface area contributed by atoms with Gasteiger partial charge in [-0.1, -0.05) is 35.5 Å². The number of nitrogens with zero attached hydrogens (tertiary/aromatic N) is 5. The first-order valence-electron chi connectivity index (χ1n) is 9.33. The Morgan fingerprint density at radius 3 is 2.68 bits per heavy atom. The van der Waals surface area contributed by atoms with Crippen molar-refractivity contribution >= 4 is 5.91 Å². The van der Waals surface area contributed by atoms with Gasteiger partial charge in [-0.05, 0) is 19.8 Å². The van der Waals surface area contributed by atoms with Crippen molar-refractivity contribution < 1.29 is 9.32 Å². The molecule has 142 valence electrons. The van der Waals surface area contributed by atoms with E-state index in [1.54, 1.807) is 22.5 Å². The molecule has 1 atom stereocenters. The third-order valence-corrected chi connectivity index (χ3v) is 5.77. The molecule has 1 saturated heterocycles. The summed E-state index contributed by atoms with van der Waals surface area (Å²) in [7, 11) is 0. The number of aromatic nitrogens is 4. The maximum absolute atomic E-state index is 13.0. The number of hydrogen-bond donors (Lipinski definition) is 0. The van der Waals surface area contributed by atoms with Crippen molar-refractivity contribution in [3.8, 4) is 11.3 Å². The molecule has 0 aliphatic carbocycles. The molecule has 1 aromatic carbocycles. The number of amides is 1. The number of benzene rings is 1. The molecule has 2 aliphatic rings. The molecular weight excluding hydrogens is 358 g/mol. The van der Waals surface area contributed by atoms with Crippen molar-refractivity contribution in [3.63, 3.8) is 0 Å². The number of carbonyl (C=O) groups is 1. The van der Waals surface area contributed by atoms with Gasteiger partial charge in [0.2, 0.25) is 0 Å². The highest BCUT2D eigenvalue weighted by Crippen LogP contribution is 2.41. The monoisotopic (exact) mass is 377 g/mol. The summed E-state index contributed by atoms with van der Waals surface area (Å²) in [5.41, 5.74) is 1.00. The predicted octanol–water partition coefficient (Wildman–Crippen LogP) is 1.79. The Hall–Kier alpha value is -3.29. The minimum atomic E-state index is -0.324. The number of hydrogen-bond acceptors (Lipinski definition) is 6. The summed E-state index contributed by atoms with van der Waals surface area (Å²) in [5, 5.41) is 12.5. The van der Waals surface area contributed by atoms with E-state index in [0.29, 0.717) is 42.6 Å². The van der Waals surface area contributed by atoms with Gasteiger partial charge in [-0.15, -0.1) is 10.2 Å². The second-order valence-electron chi connectivity index (χ2n) is 7.52. The smallest absolute Gasteiger partial charge is 0.280 e. The third kappa shape index (κ3) is 2.48. The van der Waals surface area contributed by atoms with Crippen LogP contribution in [0.5, 0.6) is 0 Å². The highest BCUT2D eigenvalue weighted by Gasteiger charge is 2.48. The Balaban J connectivity index is 1.46. The number of fused-ring (bicyclic) bond motifs is 2. The number of carbonyl (C=O) groups excluding carboxylic acids is 1. The number of aryl methyl sites for hydroxylation is 1. The normalized spacial score (nSPS) is 20.7. The van der Waals surface area contributed by atoms with Gasteiger partial charge in [-0.25, -0.2) is 0 Å². The van der Waals surface area contributed by atoms with Crippen LogP contribution < -0.4 is 5.56 Å². The summed E-state index contributed by atoms with van der Waals surface area (Å²) in [6, 6.07) is 11.0. The molecule has 0 radical (unpaired) electrons. The summed E-state index contributed by atoms with van der Waals surface area (Å²) in [6.45, 7) is 3.46. The average Bonchev–Trinajstić information content (AvgIpc) is 3.43. The molecule has 3 aromatic rings. The van der Waals surface area contributed by atoms with Gasteiger partial charge in [0.05, 0.1) is 5.41 Å². The van der Waals surface area contributed by atoms with E-state index in [1.165, 1.54) is 0 Å². The Kier molecular flexibility index (Phi) is 3.68. The first kappa shape index (κ1) is 16.9. The molecule has 8 heteroatoms. The molecule has 2 aromatic heterocycles. The van der Waals surface area contributed by atoms with Crippen LogP contribution in [-0.2, 0) is 12.0 Å². The fourth-order valence-electron chi connectivity index (χ4n) is 4.29. The average molecular weight is 377 g/mol. The topological polar surface area (TPSA) is 94.1 Å². The van der Waals surface area contributed by atoms with Crippen LogP contribution in [-0.4, -0.2) is 43.8 Å². The summed E-state index contributed by atoms with van der Waals surface area (Å²) in [6.07, 6.45) is 1.53. The van der Waals surface area contributed by atoms with Gasteiger partial charge < -0.3 is 9.42 Å². The van der Waals surface area contributed by atoms with Crippen LogP contribution in [0.2, 0.25) is 0 Å². The molecule has 1 amide bonds. The molecule has 0 N–H and O–H groups in total. The lowest BCUT2D eigenvalue weighted by molar-refractivity contribution is 0.0772. The van der Waals surface area contributed by atoms with Gasteiger partial charge in [-0.2, -0.15) is 0 Å². The number of likely N-dealkylation sites (tertiary alicyclic amines) is 1. The van der Waals surface area contributed by atoms with E-state index < -0.39 is 0 Å². The van der Waals surface area contributed by atoms with E-state index in [1.807, 2.05) is 30.3 Å². The molecule has 0 unspecified atom stereocenters. The van der Waals surface area contributed by atoms with Crippen LogP contribution in [0, 0.1) is 6.92 Å². The first-order chi connectivity index (χ1) is 13.6. The highest BCUT2D eigenvalue weighted by molar-refractivity contribution is 5.92. The SMILES string of the molecule is Cc1cc(C(=O)N2CC[C@]3(CCn4c3nnc(-c3ccccc3)c4=O)C2)no1. The van der Waals surface area contributed by atoms with E-state index in [2.05, 4.69) is 15.4 Å². The van der Waals surface area contributed by atoms with Crippen molar-refractivity contribution in [1.29, 1.82) is 0 Å². The van der Waals surface area contributed by atoms with Crippen LogP contribution in [0.25, 0.3) is 11.3 Å². The fourth-order valence-corrected chi connectivity index (χ4v) is 4.29. The second-order valence-corrected chi connectivity index (χ2v) is 7.52. The summed E-state index contributed by atoms with van der Waals surface area (Å²) >= 11 is 0. The summed E-state index contributed by atoms with van der Waals surface area (Å²) < 4.78 is 6.75. The van der Waals surface area contributed by atoms with Gasteiger partial charge in [0.1, 0.15) is 11.6 Å². The van der Waals surface area contributed by atoms with Gasteiger partial charge in [0, 0.05) is 31.3 Å². The van der Waals surface area contributed by atoms with Gasteiger partial charge >= 0.3 is 0 Å². The van der Waals surface area contributed by atoms with Crippen LogP contribution in [0.4, 0.5) is 0 Å². The van der Waals surface area contributed by atoms with Crippen molar-refractivity contribution in [2.24, 2.45) is 0 Å². The van der Waals surface area contributed by atoms with E-state index >= 15 is 0 Å². The van der Waals surface area contributed by atoms with E-state index in [0.717, 1.165) is 18.4 Å². The third-order valence-electron chi connectivity index (χ3n) is 5.77. The largest absolute Gasteiger partial charge is 0.361 e. The Morgan fingerprint density at radius 1 is 1.14 bits per heavy atom. The summed E-state index contributed by atoms with van der Waals surface area (Å²) in [5.74, 6) is 1.14. The van der Waals surface area contributed by atoms with Crippen molar-refractivity contribution in [2.45, 2.75) is 31.7 Å². The molecule has 0 bridgehead atoms. The molecule has 1 spiro atoms. The van der Waals surface area contributed by atoms with Crippen LogP contribution in [0.1, 0.15) is 34.9 Å². The van der Waals surface area contributed by atoms with Crippen LogP contribution in [0.15, 0.2) is 45.7 Å². The lowest BCUT2D eigenvalue weighted by Crippen LogP contribution is -2.35. The number of rotatable bonds is 2. The fraction of sp³-hybridized carbons (Fsp3) is 0.350. The molecule has 8 nitrogen and oxygen atoms in total. The maximum atomic E-state index is 13.0. The Morgan fingerprint density at radius 2 is 1.93 bits per heavy atom. The predicted molar refractivity (Wildman–Crippen MR) is 99.8 cm³/mol. The zero-order chi connectivity index (χ0) is 19.3. The maximum Gasteiger partial charge on any atom is 0.280 e. The van der Waals surface area contributed by atoms with E-state index in [9.17, 15) is 9.59 Å². The molecular formula is C20H19N5O3. The highest BCUT2D eigenvalue weighted by atomic mass is 16.5. The molecule has 1 fully saturated rings.